The molecule has 0 unspecified atom stereocenters. The van der Waals surface area contributed by atoms with Gasteiger partial charge < -0.3 is 19.0 Å². The fourth-order valence-electron chi connectivity index (χ4n) is 3.30. The molecule has 1 saturated heterocycles. The van der Waals surface area contributed by atoms with Crippen LogP contribution in [0.5, 0.6) is 0 Å². The van der Waals surface area contributed by atoms with Gasteiger partial charge in [0.2, 0.25) is 5.89 Å². The lowest BCUT2D eigenvalue weighted by Gasteiger charge is -2.35. The minimum Gasteiger partial charge on any atom is -0.451 e. The zero-order chi connectivity index (χ0) is 20.9. The Morgan fingerprint density at radius 1 is 1.03 bits per heavy atom. The topological polar surface area (TPSA) is 88.8 Å². The Morgan fingerprint density at radius 2 is 1.77 bits per heavy atom. The van der Waals surface area contributed by atoms with Crippen molar-refractivity contribution in [3.8, 4) is 11.5 Å². The smallest absolute Gasteiger partial charge is 0.361 e. The van der Waals surface area contributed by atoms with Crippen molar-refractivity contribution in [3.05, 3.63) is 66.2 Å². The van der Waals surface area contributed by atoms with Crippen LogP contribution in [0.4, 0.5) is 5.82 Å². The van der Waals surface area contributed by atoms with E-state index in [0.29, 0.717) is 37.8 Å². The number of rotatable bonds is 5. The highest BCUT2D eigenvalue weighted by molar-refractivity contribution is 5.91. The Kier molecular flexibility index (Phi) is 5.74. The number of hydrogen-bond acceptors (Lipinski definition) is 7. The zero-order valence-electron chi connectivity index (χ0n) is 16.7. The Hall–Kier alpha value is -3.68. The number of carbonyl (C=O) groups excluding carboxylic acids is 2. The highest BCUT2D eigenvalue weighted by atomic mass is 16.5. The number of carbonyl (C=O) groups is 2. The van der Waals surface area contributed by atoms with Crippen molar-refractivity contribution in [1.82, 2.24) is 14.9 Å². The highest BCUT2D eigenvalue weighted by Gasteiger charge is 2.24. The van der Waals surface area contributed by atoms with Gasteiger partial charge in [0.25, 0.3) is 5.91 Å². The second-order valence-electron chi connectivity index (χ2n) is 6.92. The molecule has 3 aromatic rings. The fourth-order valence-corrected chi connectivity index (χ4v) is 3.30. The van der Waals surface area contributed by atoms with Gasteiger partial charge in [-0.1, -0.05) is 24.3 Å². The van der Waals surface area contributed by atoms with E-state index in [1.165, 1.54) is 0 Å². The van der Waals surface area contributed by atoms with E-state index in [2.05, 4.69) is 14.9 Å². The molecule has 0 atom stereocenters. The minimum absolute atomic E-state index is 0.0848. The van der Waals surface area contributed by atoms with Crippen molar-refractivity contribution in [2.45, 2.75) is 6.92 Å². The van der Waals surface area contributed by atoms with Crippen LogP contribution in [0.15, 0.2) is 59.1 Å². The van der Waals surface area contributed by atoms with E-state index < -0.39 is 5.97 Å². The predicted octanol–water partition coefficient (Wildman–Crippen LogP) is 2.55. The van der Waals surface area contributed by atoms with E-state index in [1.54, 1.807) is 18.0 Å². The Balaban J connectivity index is 1.30. The molecule has 30 heavy (non-hydrogen) atoms. The van der Waals surface area contributed by atoms with Gasteiger partial charge >= 0.3 is 5.97 Å². The molecule has 2 aromatic heterocycles. The molecule has 1 amide bonds. The number of anilines is 1. The summed E-state index contributed by atoms with van der Waals surface area (Å²) >= 11 is 0. The summed E-state index contributed by atoms with van der Waals surface area (Å²) in [6.45, 7) is 3.78. The molecule has 1 fully saturated rings. The van der Waals surface area contributed by atoms with Gasteiger partial charge in [-0.25, -0.2) is 14.8 Å². The van der Waals surface area contributed by atoms with Crippen molar-refractivity contribution < 1.29 is 18.7 Å². The average Bonchev–Trinajstić information content (AvgIpc) is 3.20. The van der Waals surface area contributed by atoms with E-state index in [4.69, 9.17) is 9.15 Å². The number of hydrogen-bond donors (Lipinski definition) is 0. The average molecular weight is 406 g/mol. The molecule has 0 bridgehead atoms. The first-order valence-corrected chi connectivity index (χ1v) is 9.75. The molecule has 8 heteroatoms. The molecule has 1 aliphatic rings. The maximum atomic E-state index is 12.5. The number of benzene rings is 1. The summed E-state index contributed by atoms with van der Waals surface area (Å²) in [5.41, 5.74) is 0.850. The van der Waals surface area contributed by atoms with Gasteiger partial charge in [-0.05, 0) is 31.2 Å². The SMILES string of the molecule is Cc1oc(-c2ccccc2)nc1C(=O)OCC(=O)N1CCN(c2ccccn2)CC1. The Labute approximate surface area is 174 Å². The van der Waals surface area contributed by atoms with Crippen LogP contribution in [0.3, 0.4) is 0 Å². The fraction of sp³-hybridized carbons (Fsp3) is 0.273. The maximum Gasteiger partial charge on any atom is 0.361 e. The molecule has 0 aliphatic carbocycles. The van der Waals surface area contributed by atoms with Gasteiger partial charge in [0.15, 0.2) is 12.3 Å². The summed E-state index contributed by atoms with van der Waals surface area (Å²) in [7, 11) is 0. The van der Waals surface area contributed by atoms with Crippen LogP contribution in [0, 0.1) is 6.92 Å². The van der Waals surface area contributed by atoms with Gasteiger partial charge in [-0.15, -0.1) is 0 Å². The van der Waals surface area contributed by atoms with Crippen LogP contribution in [0.2, 0.25) is 0 Å². The third-order valence-electron chi connectivity index (χ3n) is 4.94. The van der Waals surface area contributed by atoms with E-state index in [1.807, 2.05) is 48.5 Å². The van der Waals surface area contributed by atoms with Crippen LogP contribution in [0.1, 0.15) is 16.2 Å². The predicted molar refractivity (Wildman–Crippen MR) is 110 cm³/mol. The number of amides is 1. The third-order valence-corrected chi connectivity index (χ3v) is 4.94. The van der Waals surface area contributed by atoms with E-state index >= 15 is 0 Å². The van der Waals surface area contributed by atoms with Crippen molar-refractivity contribution >= 4 is 17.7 Å². The molecule has 0 radical (unpaired) electrons. The van der Waals surface area contributed by atoms with Crippen molar-refractivity contribution in [2.24, 2.45) is 0 Å². The van der Waals surface area contributed by atoms with Crippen molar-refractivity contribution in [1.29, 1.82) is 0 Å². The van der Waals surface area contributed by atoms with Gasteiger partial charge in [0, 0.05) is 37.9 Å². The molecular weight excluding hydrogens is 384 g/mol. The molecule has 8 nitrogen and oxygen atoms in total. The first kappa shape index (κ1) is 19.6. The normalized spacial score (nSPS) is 13.9. The number of esters is 1. The molecule has 0 saturated carbocycles. The largest absolute Gasteiger partial charge is 0.451 e. The van der Waals surface area contributed by atoms with Crippen LogP contribution >= 0.6 is 0 Å². The molecule has 154 valence electrons. The zero-order valence-corrected chi connectivity index (χ0v) is 16.7. The van der Waals surface area contributed by atoms with Crippen molar-refractivity contribution in [3.63, 3.8) is 0 Å². The van der Waals surface area contributed by atoms with Crippen molar-refractivity contribution in [2.75, 3.05) is 37.7 Å². The number of ether oxygens (including phenoxy) is 1. The summed E-state index contributed by atoms with van der Waals surface area (Å²) in [6.07, 6.45) is 1.75. The number of pyridine rings is 1. The second kappa shape index (κ2) is 8.77. The van der Waals surface area contributed by atoms with Crippen LogP contribution in [0.25, 0.3) is 11.5 Å². The molecular formula is C22H22N4O4. The lowest BCUT2D eigenvalue weighted by atomic mass is 10.2. The van der Waals surface area contributed by atoms with Gasteiger partial charge in [0.05, 0.1) is 0 Å². The molecule has 0 N–H and O–H groups in total. The Bertz CT molecular complexity index is 1010. The highest BCUT2D eigenvalue weighted by Crippen LogP contribution is 2.22. The standard InChI is InChI=1S/C22H22N4O4/c1-16-20(24-21(30-16)17-7-3-2-4-8-17)22(28)29-15-19(27)26-13-11-25(12-14-26)18-9-5-6-10-23-18/h2-10H,11-15H2,1H3. The van der Waals surface area contributed by atoms with Gasteiger partial charge in [-0.3, -0.25) is 4.79 Å². The maximum absolute atomic E-state index is 12.5. The lowest BCUT2D eigenvalue weighted by molar-refractivity contribution is -0.134. The Morgan fingerprint density at radius 3 is 2.47 bits per heavy atom. The van der Waals surface area contributed by atoms with E-state index in [-0.39, 0.29) is 18.2 Å². The summed E-state index contributed by atoms with van der Waals surface area (Å²) in [4.78, 5) is 37.2. The molecule has 1 aromatic carbocycles. The second-order valence-corrected chi connectivity index (χ2v) is 6.92. The number of piperazine rings is 1. The number of aryl methyl sites for hydroxylation is 1. The summed E-state index contributed by atoms with van der Waals surface area (Å²) in [5, 5.41) is 0. The quantitative estimate of drug-likeness (QED) is 0.602. The van der Waals surface area contributed by atoms with Crippen LogP contribution in [-0.2, 0) is 9.53 Å². The number of aromatic nitrogens is 2. The van der Waals surface area contributed by atoms with Crippen LogP contribution < -0.4 is 4.90 Å². The molecule has 1 aliphatic heterocycles. The van der Waals surface area contributed by atoms with Crippen LogP contribution in [-0.4, -0.2) is 59.5 Å². The minimum atomic E-state index is -0.668. The third kappa shape index (κ3) is 4.32. The number of oxazole rings is 1. The van der Waals surface area contributed by atoms with E-state index in [9.17, 15) is 9.59 Å². The van der Waals surface area contributed by atoms with E-state index in [0.717, 1.165) is 11.4 Å². The number of nitrogens with zero attached hydrogens (tertiary/aromatic N) is 4. The summed E-state index contributed by atoms with van der Waals surface area (Å²) in [6, 6.07) is 15.0. The lowest BCUT2D eigenvalue weighted by Crippen LogP contribution is -2.50. The summed E-state index contributed by atoms with van der Waals surface area (Å²) in [5.74, 6) is 0.700. The molecule has 0 spiro atoms. The van der Waals surface area contributed by atoms with Gasteiger partial charge in [0.1, 0.15) is 11.6 Å². The first-order valence-electron chi connectivity index (χ1n) is 9.75. The molecule has 3 heterocycles. The van der Waals surface area contributed by atoms with Gasteiger partial charge in [-0.2, -0.15) is 0 Å². The summed E-state index contributed by atoms with van der Waals surface area (Å²) < 4.78 is 10.8. The monoisotopic (exact) mass is 406 g/mol. The first-order chi connectivity index (χ1) is 14.6. The molecule has 4 rings (SSSR count).